The molecule has 0 spiro atoms. The van der Waals surface area contributed by atoms with Crippen LogP contribution >= 0.6 is 0 Å². The Bertz CT molecular complexity index is 1570. The fourth-order valence-corrected chi connectivity index (χ4v) is 9.09. The van der Waals surface area contributed by atoms with Crippen molar-refractivity contribution in [3.63, 3.8) is 0 Å². The Morgan fingerprint density at radius 3 is 1.41 bits per heavy atom. The average molecular weight is 832 g/mol. The van der Waals surface area contributed by atoms with Crippen LogP contribution in [0.4, 0.5) is 5.69 Å². The molecule has 0 radical (unpaired) electrons. The van der Waals surface area contributed by atoms with Gasteiger partial charge >= 0.3 is 0 Å². The van der Waals surface area contributed by atoms with Crippen LogP contribution in [-0.2, 0) is 6.42 Å². The van der Waals surface area contributed by atoms with Crippen LogP contribution in [-0.4, -0.2) is 18.3 Å². The third kappa shape index (κ3) is 21.2. The Hall–Kier alpha value is -3.12. The monoisotopic (exact) mass is 832 g/mol. The van der Waals surface area contributed by atoms with E-state index >= 15 is 0 Å². The molecule has 1 heterocycles. The van der Waals surface area contributed by atoms with E-state index in [2.05, 4.69) is 100 Å². The molecule has 0 amide bonds. The summed E-state index contributed by atoms with van der Waals surface area (Å²) in [5.41, 5.74) is 20.9. The van der Waals surface area contributed by atoms with Crippen LogP contribution in [0.3, 0.4) is 0 Å². The van der Waals surface area contributed by atoms with Crippen LogP contribution in [0.25, 0.3) is 16.9 Å². The molecule has 0 aliphatic carbocycles. The topological polar surface area (TPSA) is 28.6 Å². The molecule has 0 unspecified atom stereocenters. The second-order valence-electron chi connectivity index (χ2n) is 18.6. The third-order valence-corrected chi connectivity index (χ3v) is 13.2. The first-order valence-corrected chi connectivity index (χ1v) is 26.4. The van der Waals surface area contributed by atoms with E-state index < -0.39 is 0 Å². The highest BCUT2D eigenvalue weighted by Gasteiger charge is 2.35. The molecular formula is C58H93N3. The molecule has 1 aliphatic rings. The van der Waals surface area contributed by atoms with Gasteiger partial charge in [0, 0.05) is 42.4 Å². The Labute approximate surface area is 378 Å². The highest BCUT2D eigenvalue weighted by Crippen LogP contribution is 2.43. The van der Waals surface area contributed by atoms with Gasteiger partial charge in [-0.25, -0.2) is 4.70 Å². The molecular weight excluding hydrogens is 739 g/mol. The summed E-state index contributed by atoms with van der Waals surface area (Å²) in [4.78, 5) is 2.25. The summed E-state index contributed by atoms with van der Waals surface area (Å²) in [6, 6.07) is 17.6. The predicted octanol–water partition coefficient (Wildman–Crippen LogP) is 18.8. The highest BCUT2D eigenvalue weighted by atomic mass is 15.2. The number of benzene rings is 2. The minimum absolute atomic E-state index is 0.845. The third-order valence-electron chi connectivity index (χ3n) is 13.2. The maximum atomic E-state index is 12.2. The standard InChI is InChI=1S/C58H93N3/c1-6-10-13-15-17-18-19-20-21-22-23-24-25-26-27-28-29-30-31-32-33-34-35-37-39-44-55-56(45-38-36-16-14-11-7-2)58(53-43-40-42-51(50-53)41-12-8-3)61(59)57(55)52-46-48-54(49-47-52)60(5)9-4/h40,42-43,46-50H,6-38,41,45H2,1-5H3. The van der Waals surface area contributed by atoms with E-state index in [-0.39, 0.29) is 0 Å². The lowest BCUT2D eigenvalue weighted by molar-refractivity contribution is -0.345. The summed E-state index contributed by atoms with van der Waals surface area (Å²) in [6.45, 7) is 9.98. The molecule has 2 aromatic carbocycles. The van der Waals surface area contributed by atoms with Crippen LogP contribution in [0.1, 0.15) is 256 Å². The molecule has 0 bridgehead atoms. The van der Waals surface area contributed by atoms with Gasteiger partial charge in [-0.15, -0.1) is 0 Å². The number of unbranched alkanes of at least 4 members (excludes halogenated alkanes) is 29. The number of anilines is 1. The average Bonchev–Trinajstić information content (AvgIpc) is 3.56. The number of hydrogen-bond donors (Lipinski definition) is 0. The van der Waals surface area contributed by atoms with E-state index in [1.807, 2.05) is 0 Å². The zero-order chi connectivity index (χ0) is 43.6. The first kappa shape index (κ1) is 52.2. The number of hydrogen-bond acceptors (Lipinski definition) is 1. The van der Waals surface area contributed by atoms with E-state index in [4.69, 9.17) is 0 Å². The zero-order valence-corrected chi connectivity index (χ0v) is 40.7. The van der Waals surface area contributed by atoms with Crippen molar-refractivity contribution >= 4 is 17.1 Å². The van der Waals surface area contributed by atoms with Crippen molar-refractivity contribution in [3.8, 4) is 11.8 Å². The Morgan fingerprint density at radius 2 is 0.934 bits per heavy atom. The first-order chi connectivity index (χ1) is 30.0. The van der Waals surface area contributed by atoms with Crippen LogP contribution in [0.15, 0.2) is 59.7 Å². The molecule has 0 aromatic heterocycles. The van der Waals surface area contributed by atoms with E-state index in [1.165, 1.54) is 208 Å². The predicted molar refractivity (Wildman–Crippen MR) is 270 cm³/mol. The maximum Gasteiger partial charge on any atom is 0.223 e. The van der Waals surface area contributed by atoms with Crippen molar-refractivity contribution in [1.29, 1.82) is 0 Å². The molecule has 3 heteroatoms. The van der Waals surface area contributed by atoms with Crippen molar-refractivity contribution in [2.75, 3.05) is 18.5 Å². The fourth-order valence-electron chi connectivity index (χ4n) is 9.09. The lowest BCUT2D eigenvalue weighted by atomic mass is 9.94. The Morgan fingerprint density at radius 1 is 0.475 bits per heavy atom. The van der Waals surface area contributed by atoms with Crippen molar-refractivity contribution in [3.05, 3.63) is 81.9 Å². The van der Waals surface area contributed by atoms with E-state index in [1.54, 1.807) is 0 Å². The first-order valence-electron chi connectivity index (χ1n) is 26.4. The van der Waals surface area contributed by atoms with Crippen molar-refractivity contribution < 1.29 is 4.70 Å². The molecule has 0 atom stereocenters. The summed E-state index contributed by atoms with van der Waals surface area (Å²) >= 11 is 0. The molecule has 3 nitrogen and oxygen atoms in total. The number of rotatable bonds is 37. The van der Waals surface area contributed by atoms with Gasteiger partial charge < -0.3 is 10.4 Å². The molecule has 3 rings (SSSR count). The quantitative estimate of drug-likeness (QED) is 0.0379. The van der Waals surface area contributed by atoms with Crippen molar-refractivity contribution in [2.45, 2.75) is 246 Å². The molecule has 2 aromatic rings. The Kier molecular flexibility index (Phi) is 29.4. The molecule has 0 fully saturated rings. The smallest absolute Gasteiger partial charge is 0.223 e. The van der Waals surface area contributed by atoms with Crippen LogP contribution < -0.4 is 4.90 Å². The minimum Gasteiger partial charge on any atom is -0.493 e. The van der Waals surface area contributed by atoms with Gasteiger partial charge in [-0.1, -0.05) is 225 Å². The van der Waals surface area contributed by atoms with Crippen molar-refractivity contribution in [2.24, 2.45) is 0 Å². The molecule has 0 saturated carbocycles. The van der Waals surface area contributed by atoms with Gasteiger partial charge in [0.05, 0.1) is 0 Å². The molecule has 1 aliphatic heterocycles. The number of allylic oxidation sites excluding steroid dienone is 2. The van der Waals surface area contributed by atoms with E-state index in [9.17, 15) is 5.53 Å². The zero-order valence-electron chi connectivity index (χ0n) is 40.7. The van der Waals surface area contributed by atoms with Gasteiger partial charge in [-0.2, -0.15) is 0 Å². The summed E-state index contributed by atoms with van der Waals surface area (Å²) in [7, 11) is 2.13. The normalized spacial score (nSPS) is 12.8. The summed E-state index contributed by atoms with van der Waals surface area (Å²) in [5.74, 6) is 7.32. The molecule has 340 valence electrons. The van der Waals surface area contributed by atoms with Gasteiger partial charge in [-0.05, 0) is 81.0 Å². The van der Waals surface area contributed by atoms with Crippen LogP contribution in [0.5, 0.6) is 0 Å². The van der Waals surface area contributed by atoms with Crippen LogP contribution in [0, 0.1) is 11.8 Å². The highest BCUT2D eigenvalue weighted by molar-refractivity contribution is 5.85. The summed E-state index contributed by atoms with van der Waals surface area (Å²) in [6.07, 6.45) is 45.2. The fraction of sp³-hybridized carbons (Fsp3) is 0.690. The lowest BCUT2D eigenvalue weighted by Gasteiger charge is -2.17. The second-order valence-corrected chi connectivity index (χ2v) is 18.6. The van der Waals surface area contributed by atoms with Crippen LogP contribution in [0.2, 0.25) is 0 Å². The maximum absolute atomic E-state index is 12.2. The van der Waals surface area contributed by atoms with E-state index in [0.717, 1.165) is 66.7 Å². The van der Waals surface area contributed by atoms with E-state index in [0.29, 0.717) is 0 Å². The van der Waals surface area contributed by atoms with Gasteiger partial charge in [-0.3, -0.25) is 0 Å². The van der Waals surface area contributed by atoms with Gasteiger partial charge in [0.25, 0.3) is 0 Å². The molecule has 61 heavy (non-hydrogen) atoms. The summed E-state index contributed by atoms with van der Waals surface area (Å²) < 4.78 is 1.49. The largest absolute Gasteiger partial charge is 0.493 e. The second kappa shape index (κ2) is 34.4. The number of nitrogens with zero attached hydrogens (tertiary/aromatic N) is 3. The minimum atomic E-state index is 0.845. The van der Waals surface area contributed by atoms with Gasteiger partial charge in [0.2, 0.25) is 11.4 Å². The van der Waals surface area contributed by atoms with Gasteiger partial charge in [0.1, 0.15) is 5.57 Å². The SMILES string of the molecule is CCCCCCCCCCCCCCCCCCCCCCCCCC#CC1=C(c2ccc(N(C)CC)cc2)[N+](=[N-])C(c2cccc(CCCC)c2)=C1CCCCCCCC. The lowest BCUT2D eigenvalue weighted by Crippen LogP contribution is -2.15. The van der Waals surface area contributed by atoms with Crippen molar-refractivity contribution in [1.82, 2.24) is 0 Å². The number of aryl methyl sites for hydroxylation is 1. The molecule has 0 saturated heterocycles. The summed E-state index contributed by atoms with van der Waals surface area (Å²) in [5, 5.41) is 0. The molecule has 0 N–H and O–H groups in total. The van der Waals surface area contributed by atoms with Gasteiger partial charge in [0.15, 0.2) is 0 Å². The Balaban J connectivity index is 1.48.